The number of ketones is 2. The molecule has 0 aliphatic heterocycles. The fourth-order valence-electron chi connectivity index (χ4n) is 3.59. The van der Waals surface area contributed by atoms with Crippen molar-refractivity contribution in [1.82, 2.24) is 5.32 Å². The van der Waals surface area contributed by atoms with Gasteiger partial charge in [-0.25, -0.2) is 0 Å². The maximum absolute atomic E-state index is 12.8. The Morgan fingerprint density at radius 2 is 2.04 bits per heavy atom. The second-order valence-corrected chi connectivity index (χ2v) is 6.51. The highest BCUT2D eigenvalue weighted by atomic mass is 16.2. The van der Waals surface area contributed by atoms with Gasteiger partial charge in [0.15, 0.2) is 5.78 Å². The van der Waals surface area contributed by atoms with Gasteiger partial charge in [0.1, 0.15) is 11.7 Å². The predicted octanol–water partition coefficient (Wildman–Crippen LogP) is 2.80. The van der Waals surface area contributed by atoms with Crippen molar-refractivity contribution in [3.8, 4) is 0 Å². The molecular weight excluding hydrogens is 302 g/mol. The smallest absolute Gasteiger partial charge is 0.220 e. The minimum Gasteiger partial charge on any atom is -0.353 e. The zero-order chi connectivity index (χ0) is 17.9. The van der Waals surface area contributed by atoms with Crippen LogP contribution in [0.25, 0.3) is 0 Å². The standard InChI is InChI=1S/C20H25NO3/c1-5-7-21-17(23)11-15-10-16(22)19(20(15)24)18-13(4)8-12(3)9-14(18)6-2/h5,8-9,15,19H,1,6-7,10-11H2,2-4H3,(H,21,23). The van der Waals surface area contributed by atoms with Crippen molar-refractivity contribution in [3.63, 3.8) is 0 Å². The van der Waals surface area contributed by atoms with Gasteiger partial charge in [-0.3, -0.25) is 14.4 Å². The number of hydrogen-bond donors (Lipinski definition) is 1. The lowest BCUT2D eigenvalue weighted by atomic mass is 9.85. The minimum absolute atomic E-state index is 0.0665. The molecule has 0 spiro atoms. The van der Waals surface area contributed by atoms with E-state index in [0.29, 0.717) is 6.54 Å². The molecule has 128 valence electrons. The van der Waals surface area contributed by atoms with E-state index in [0.717, 1.165) is 28.7 Å². The lowest BCUT2D eigenvalue weighted by Gasteiger charge is -2.17. The number of benzene rings is 1. The zero-order valence-corrected chi connectivity index (χ0v) is 14.6. The van der Waals surface area contributed by atoms with Crippen LogP contribution in [0.1, 0.15) is 47.9 Å². The van der Waals surface area contributed by atoms with E-state index in [9.17, 15) is 14.4 Å². The van der Waals surface area contributed by atoms with Crippen molar-refractivity contribution in [3.05, 3.63) is 47.0 Å². The molecule has 24 heavy (non-hydrogen) atoms. The molecule has 1 aliphatic rings. The Morgan fingerprint density at radius 1 is 1.33 bits per heavy atom. The molecule has 1 N–H and O–H groups in total. The van der Waals surface area contributed by atoms with E-state index in [1.54, 1.807) is 6.08 Å². The van der Waals surface area contributed by atoms with Crippen LogP contribution in [0.3, 0.4) is 0 Å². The predicted molar refractivity (Wildman–Crippen MR) is 94.0 cm³/mol. The van der Waals surface area contributed by atoms with Crippen molar-refractivity contribution in [2.45, 2.75) is 46.0 Å². The molecule has 1 fully saturated rings. The zero-order valence-electron chi connectivity index (χ0n) is 14.6. The van der Waals surface area contributed by atoms with Gasteiger partial charge < -0.3 is 5.32 Å². The Labute approximate surface area is 143 Å². The largest absolute Gasteiger partial charge is 0.353 e. The summed E-state index contributed by atoms with van der Waals surface area (Å²) in [5.41, 5.74) is 4.02. The van der Waals surface area contributed by atoms with Crippen molar-refractivity contribution < 1.29 is 14.4 Å². The normalized spacial score (nSPS) is 20.3. The van der Waals surface area contributed by atoms with Crippen molar-refractivity contribution in [1.29, 1.82) is 0 Å². The molecule has 4 nitrogen and oxygen atoms in total. The van der Waals surface area contributed by atoms with Gasteiger partial charge in [0, 0.05) is 25.3 Å². The van der Waals surface area contributed by atoms with E-state index < -0.39 is 11.8 Å². The molecular formula is C20H25NO3. The van der Waals surface area contributed by atoms with E-state index in [4.69, 9.17) is 0 Å². The lowest BCUT2D eigenvalue weighted by molar-refractivity contribution is -0.128. The summed E-state index contributed by atoms with van der Waals surface area (Å²) in [6.07, 6.45) is 2.59. The van der Waals surface area contributed by atoms with Crippen LogP contribution < -0.4 is 5.32 Å². The average Bonchev–Trinajstić information content (AvgIpc) is 2.79. The van der Waals surface area contributed by atoms with Gasteiger partial charge in [-0.2, -0.15) is 0 Å². The monoisotopic (exact) mass is 327 g/mol. The maximum atomic E-state index is 12.8. The molecule has 0 aromatic heterocycles. The topological polar surface area (TPSA) is 63.2 Å². The number of aryl methyl sites for hydroxylation is 3. The van der Waals surface area contributed by atoms with E-state index in [-0.39, 0.29) is 30.3 Å². The molecule has 0 heterocycles. The maximum Gasteiger partial charge on any atom is 0.220 e. The Bertz CT molecular complexity index is 690. The fraction of sp³-hybridized carbons (Fsp3) is 0.450. The third-order valence-electron chi connectivity index (χ3n) is 4.62. The van der Waals surface area contributed by atoms with E-state index in [1.165, 1.54) is 0 Å². The average molecular weight is 327 g/mol. The molecule has 1 aromatic carbocycles. The summed E-state index contributed by atoms with van der Waals surface area (Å²) in [6, 6.07) is 4.06. The summed E-state index contributed by atoms with van der Waals surface area (Å²) in [7, 11) is 0. The van der Waals surface area contributed by atoms with Crippen LogP contribution >= 0.6 is 0 Å². The molecule has 0 radical (unpaired) electrons. The molecule has 2 atom stereocenters. The van der Waals surface area contributed by atoms with Gasteiger partial charge in [0.25, 0.3) is 0 Å². The second-order valence-electron chi connectivity index (χ2n) is 6.51. The number of nitrogens with one attached hydrogen (secondary N) is 1. The summed E-state index contributed by atoms with van der Waals surface area (Å²) < 4.78 is 0. The Kier molecular flexibility index (Phi) is 5.71. The van der Waals surface area contributed by atoms with Crippen LogP contribution in [0.4, 0.5) is 0 Å². The summed E-state index contributed by atoms with van der Waals surface area (Å²) in [6.45, 7) is 9.91. The first-order valence-electron chi connectivity index (χ1n) is 8.43. The van der Waals surface area contributed by atoms with Crippen LogP contribution in [0, 0.1) is 19.8 Å². The van der Waals surface area contributed by atoms with Gasteiger partial charge in [-0.05, 0) is 37.0 Å². The van der Waals surface area contributed by atoms with Crippen LogP contribution in [0.15, 0.2) is 24.8 Å². The molecule has 1 aromatic rings. The first kappa shape index (κ1) is 18.1. The van der Waals surface area contributed by atoms with Crippen LogP contribution in [0.5, 0.6) is 0 Å². The second kappa shape index (κ2) is 7.56. The van der Waals surface area contributed by atoms with Gasteiger partial charge in [-0.1, -0.05) is 30.7 Å². The molecule has 0 bridgehead atoms. The van der Waals surface area contributed by atoms with Crippen LogP contribution in [-0.4, -0.2) is 24.0 Å². The number of carbonyl (C=O) groups is 3. The highest BCUT2D eigenvalue weighted by Gasteiger charge is 2.43. The third kappa shape index (κ3) is 3.64. The number of amides is 1. The molecule has 1 saturated carbocycles. The number of carbonyl (C=O) groups excluding carboxylic acids is 3. The quantitative estimate of drug-likeness (QED) is 0.645. The summed E-state index contributed by atoms with van der Waals surface area (Å²) in [5, 5.41) is 2.67. The first-order valence-corrected chi connectivity index (χ1v) is 8.43. The van der Waals surface area contributed by atoms with Crippen LogP contribution in [-0.2, 0) is 20.8 Å². The lowest BCUT2D eigenvalue weighted by Crippen LogP contribution is -2.27. The van der Waals surface area contributed by atoms with Crippen molar-refractivity contribution in [2.24, 2.45) is 5.92 Å². The third-order valence-corrected chi connectivity index (χ3v) is 4.62. The number of rotatable bonds is 6. The SMILES string of the molecule is C=CCNC(=O)CC1CC(=O)C(c2c(C)cc(C)cc2CC)C1=O. The fourth-order valence-corrected chi connectivity index (χ4v) is 3.59. The Balaban J connectivity index is 2.27. The highest BCUT2D eigenvalue weighted by molar-refractivity contribution is 6.15. The van der Waals surface area contributed by atoms with Gasteiger partial charge in [0.05, 0.1) is 0 Å². The summed E-state index contributed by atoms with van der Waals surface area (Å²) >= 11 is 0. The summed E-state index contributed by atoms with van der Waals surface area (Å²) in [5.74, 6) is -1.62. The van der Waals surface area contributed by atoms with E-state index in [1.807, 2.05) is 32.9 Å². The summed E-state index contributed by atoms with van der Waals surface area (Å²) in [4.78, 5) is 37.2. The van der Waals surface area contributed by atoms with Crippen molar-refractivity contribution in [2.75, 3.05) is 6.54 Å². The van der Waals surface area contributed by atoms with Crippen LogP contribution in [0.2, 0.25) is 0 Å². The molecule has 0 saturated heterocycles. The molecule has 1 aliphatic carbocycles. The number of Topliss-reactive ketones (excluding diaryl/α,β-unsaturated/α-hetero) is 2. The minimum atomic E-state index is -0.710. The number of hydrogen-bond acceptors (Lipinski definition) is 3. The van der Waals surface area contributed by atoms with E-state index >= 15 is 0 Å². The highest BCUT2D eigenvalue weighted by Crippen LogP contribution is 2.37. The molecule has 4 heteroatoms. The van der Waals surface area contributed by atoms with Gasteiger partial charge >= 0.3 is 0 Å². The molecule has 2 rings (SSSR count). The van der Waals surface area contributed by atoms with Gasteiger partial charge in [0.2, 0.25) is 5.91 Å². The molecule has 2 unspecified atom stereocenters. The van der Waals surface area contributed by atoms with E-state index in [2.05, 4.69) is 11.9 Å². The Hall–Kier alpha value is -2.23. The van der Waals surface area contributed by atoms with Crippen molar-refractivity contribution >= 4 is 17.5 Å². The first-order chi connectivity index (χ1) is 11.4. The molecule has 1 amide bonds. The Morgan fingerprint density at radius 3 is 2.67 bits per heavy atom. The van der Waals surface area contributed by atoms with Gasteiger partial charge in [-0.15, -0.1) is 6.58 Å².